The number of carbonyl (C=O) groups excluding carboxylic acids is 2. The molecule has 10 nitrogen and oxygen atoms in total. The van der Waals surface area contributed by atoms with E-state index in [2.05, 4.69) is 15.3 Å². The van der Waals surface area contributed by atoms with Gasteiger partial charge in [-0.25, -0.2) is 4.79 Å². The molecule has 0 atom stereocenters. The summed E-state index contributed by atoms with van der Waals surface area (Å²) in [7, 11) is 0. The van der Waals surface area contributed by atoms with Gasteiger partial charge in [0.05, 0.1) is 29.8 Å². The second-order valence-corrected chi connectivity index (χ2v) is 8.05. The first-order chi connectivity index (χ1) is 17.0. The van der Waals surface area contributed by atoms with E-state index in [1.807, 2.05) is 30.3 Å². The maximum absolute atomic E-state index is 13.0. The molecule has 2 N–H and O–H groups in total. The number of esters is 1. The number of nitrogens with zero attached hydrogens (tertiary/aromatic N) is 3. The molecule has 0 unspecified atom stereocenters. The number of allylic oxidation sites excluding steroid dienone is 1. The highest BCUT2D eigenvalue weighted by Gasteiger charge is 2.35. The Balaban J connectivity index is 1.69. The molecule has 11 heteroatoms. The maximum atomic E-state index is 13.0. The molecule has 0 spiro atoms. The lowest BCUT2D eigenvalue weighted by atomic mass is 10.1. The highest BCUT2D eigenvalue weighted by atomic mass is 32.2. The SMILES string of the molecule is CCOC(=O)C1=C(Nc2ccccc2)S/C(=C\c2ccc(OCCOCCN=[N+]=[N-])c(O)c2)C1=O. The summed E-state index contributed by atoms with van der Waals surface area (Å²) in [6.07, 6.45) is 1.59. The topological polar surface area (TPSA) is 143 Å². The van der Waals surface area contributed by atoms with E-state index in [1.165, 1.54) is 6.07 Å². The molecule has 3 rings (SSSR count). The van der Waals surface area contributed by atoms with Gasteiger partial charge in [-0.3, -0.25) is 4.79 Å². The van der Waals surface area contributed by atoms with E-state index in [4.69, 9.17) is 19.7 Å². The first-order valence-electron chi connectivity index (χ1n) is 10.8. The third kappa shape index (κ3) is 7.28. The van der Waals surface area contributed by atoms with E-state index < -0.39 is 11.8 Å². The minimum Gasteiger partial charge on any atom is -0.504 e. The minimum atomic E-state index is -0.694. The molecule has 182 valence electrons. The van der Waals surface area contributed by atoms with Gasteiger partial charge in [0.25, 0.3) is 0 Å². The second kappa shape index (κ2) is 13.1. The van der Waals surface area contributed by atoms with E-state index in [9.17, 15) is 14.7 Å². The second-order valence-electron chi connectivity index (χ2n) is 7.00. The van der Waals surface area contributed by atoms with Crippen LogP contribution in [0.5, 0.6) is 11.5 Å². The summed E-state index contributed by atoms with van der Waals surface area (Å²) in [5.41, 5.74) is 9.43. The molecule has 0 bridgehead atoms. The molecule has 2 aromatic rings. The summed E-state index contributed by atoms with van der Waals surface area (Å²) in [5.74, 6) is -0.997. The zero-order valence-electron chi connectivity index (χ0n) is 19.0. The predicted molar refractivity (Wildman–Crippen MR) is 133 cm³/mol. The molecule has 1 heterocycles. The fourth-order valence-corrected chi connectivity index (χ4v) is 4.07. The maximum Gasteiger partial charge on any atom is 0.344 e. The Morgan fingerprint density at radius 3 is 2.71 bits per heavy atom. The molecule has 1 aliphatic rings. The van der Waals surface area contributed by atoms with Gasteiger partial charge < -0.3 is 24.6 Å². The van der Waals surface area contributed by atoms with Crippen molar-refractivity contribution >= 4 is 35.3 Å². The summed E-state index contributed by atoms with van der Waals surface area (Å²) in [6.45, 7) is 2.79. The number of hydrogen-bond donors (Lipinski definition) is 2. The highest BCUT2D eigenvalue weighted by molar-refractivity contribution is 8.08. The number of carbonyl (C=O) groups is 2. The Morgan fingerprint density at radius 2 is 2.00 bits per heavy atom. The van der Waals surface area contributed by atoms with Crippen molar-refractivity contribution in [3.05, 3.63) is 80.0 Å². The monoisotopic (exact) mass is 496 g/mol. The van der Waals surface area contributed by atoms with Crippen molar-refractivity contribution in [2.24, 2.45) is 5.11 Å². The van der Waals surface area contributed by atoms with Crippen molar-refractivity contribution in [2.75, 3.05) is 38.3 Å². The zero-order valence-corrected chi connectivity index (χ0v) is 19.8. The summed E-state index contributed by atoms with van der Waals surface area (Å²) < 4.78 is 15.8. The van der Waals surface area contributed by atoms with Gasteiger partial charge in [-0.1, -0.05) is 41.1 Å². The number of ether oxygens (including phenoxy) is 3. The Bertz CT molecular complexity index is 1180. The van der Waals surface area contributed by atoms with Crippen molar-refractivity contribution < 1.29 is 28.9 Å². The first-order valence-corrected chi connectivity index (χ1v) is 11.6. The standard InChI is InChI=1S/C24H24N4O6S/c1-2-33-24(31)21-22(30)20(35-23(21)27-17-6-4-3-5-7-17)15-16-8-9-19(18(29)14-16)34-13-12-32-11-10-26-28-25/h3-9,14-15,27,29H,2,10-13H2,1H3/b20-15-. The van der Waals surface area contributed by atoms with Crippen molar-refractivity contribution in [3.63, 3.8) is 0 Å². The lowest BCUT2D eigenvalue weighted by Gasteiger charge is -2.09. The van der Waals surface area contributed by atoms with Crippen LogP contribution in [-0.2, 0) is 19.1 Å². The molecule has 0 saturated heterocycles. The van der Waals surface area contributed by atoms with E-state index in [0.29, 0.717) is 15.5 Å². The number of anilines is 1. The number of hydrogen-bond acceptors (Lipinski definition) is 9. The number of ketones is 1. The highest BCUT2D eigenvalue weighted by Crippen LogP contribution is 2.41. The molecule has 0 fully saturated rings. The molecular weight excluding hydrogens is 472 g/mol. The van der Waals surface area contributed by atoms with Crippen LogP contribution in [0.25, 0.3) is 16.5 Å². The largest absolute Gasteiger partial charge is 0.504 e. The third-order valence-electron chi connectivity index (χ3n) is 4.57. The van der Waals surface area contributed by atoms with Gasteiger partial charge in [0.1, 0.15) is 12.2 Å². The average molecular weight is 497 g/mol. The molecule has 35 heavy (non-hydrogen) atoms. The van der Waals surface area contributed by atoms with E-state index >= 15 is 0 Å². The molecule has 0 aliphatic carbocycles. The quantitative estimate of drug-likeness (QED) is 0.0823. The van der Waals surface area contributed by atoms with E-state index in [-0.39, 0.29) is 50.0 Å². The number of aromatic hydroxyl groups is 1. The van der Waals surface area contributed by atoms with Crippen LogP contribution in [0.4, 0.5) is 5.69 Å². The van der Waals surface area contributed by atoms with Gasteiger partial charge >= 0.3 is 5.97 Å². The minimum absolute atomic E-state index is 0.0587. The zero-order chi connectivity index (χ0) is 25.0. The summed E-state index contributed by atoms with van der Waals surface area (Å²) in [4.78, 5) is 28.5. The Hall–Kier alpha value is -3.92. The van der Waals surface area contributed by atoms with Gasteiger partial charge in [0.15, 0.2) is 11.5 Å². The summed E-state index contributed by atoms with van der Waals surface area (Å²) in [6, 6.07) is 13.9. The number of phenols is 1. The van der Waals surface area contributed by atoms with Crippen molar-refractivity contribution in [1.82, 2.24) is 0 Å². The number of thioether (sulfide) groups is 1. The molecule has 1 aliphatic heterocycles. The van der Waals surface area contributed by atoms with E-state index in [0.717, 1.165) is 17.4 Å². The lowest BCUT2D eigenvalue weighted by molar-refractivity contribution is -0.139. The lowest BCUT2D eigenvalue weighted by Crippen LogP contribution is -2.16. The molecule has 0 radical (unpaired) electrons. The van der Waals surface area contributed by atoms with Crippen LogP contribution in [0.2, 0.25) is 0 Å². The van der Waals surface area contributed by atoms with Crippen LogP contribution in [-0.4, -0.2) is 49.8 Å². The smallest absolute Gasteiger partial charge is 0.344 e. The third-order valence-corrected chi connectivity index (χ3v) is 5.60. The Morgan fingerprint density at radius 1 is 1.20 bits per heavy atom. The fourth-order valence-electron chi connectivity index (χ4n) is 3.02. The molecule has 0 amide bonds. The van der Waals surface area contributed by atoms with Crippen LogP contribution in [0.3, 0.4) is 0 Å². The number of nitrogens with one attached hydrogen (secondary N) is 1. The number of benzene rings is 2. The number of azide groups is 1. The first kappa shape index (κ1) is 25.7. The average Bonchev–Trinajstić information content (AvgIpc) is 3.14. The van der Waals surface area contributed by atoms with Crippen molar-refractivity contribution in [3.8, 4) is 11.5 Å². The van der Waals surface area contributed by atoms with Crippen LogP contribution >= 0.6 is 11.8 Å². The summed E-state index contributed by atoms with van der Waals surface area (Å²) in [5, 5.41) is 17.2. The van der Waals surface area contributed by atoms with Gasteiger partial charge in [-0.2, -0.15) is 0 Å². The Labute approximate surface area is 206 Å². The van der Waals surface area contributed by atoms with Crippen LogP contribution in [0, 0.1) is 0 Å². The van der Waals surface area contributed by atoms with Crippen LogP contribution in [0.15, 0.2) is 69.2 Å². The number of Topliss-reactive ketones (excluding diaryl/α,β-unsaturated/α-hetero) is 1. The number of rotatable bonds is 12. The van der Waals surface area contributed by atoms with Gasteiger partial charge in [-0.05, 0) is 48.4 Å². The van der Waals surface area contributed by atoms with Crippen LogP contribution < -0.4 is 10.1 Å². The van der Waals surface area contributed by atoms with Crippen molar-refractivity contribution in [1.29, 1.82) is 0 Å². The summed E-state index contributed by atoms with van der Waals surface area (Å²) >= 11 is 1.13. The van der Waals surface area contributed by atoms with Gasteiger partial charge in [0, 0.05) is 17.1 Å². The van der Waals surface area contributed by atoms with Crippen LogP contribution in [0.1, 0.15) is 12.5 Å². The predicted octanol–water partition coefficient (Wildman–Crippen LogP) is 4.64. The van der Waals surface area contributed by atoms with E-state index in [1.54, 1.807) is 25.1 Å². The molecule has 0 saturated carbocycles. The van der Waals surface area contributed by atoms with Crippen molar-refractivity contribution in [2.45, 2.75) is 6.92 Å². The Kier molecular flexibility index (Phi) is 9.61. The van der Waals surface area contributed by atoms with Gasteiger partial charge in [-0.15, -0.1) is 0 Å². The molecular formula is C24H24N4O6S. The van der Waals surface area contributed by atoms with Gasteiger partial charge in [0.2, 0.25) is 5.78 Å². The normalized spacial score (nSPS) is 14.1. The molecule has 2 aromatic carbocycles. The number of para-hydroxylation sites is 1. The molecule has 0 aromatic heterocycles. The number of phenolic OH excluding ortho intramolecular Hbond substituents is 1. The fraction of sp³-hybridized carbons (Fsp3) is 0.250.